The van der Waals surface area contributed by atoms with Gasteiger partial charge in [-0.2, -0.15) is 0 Å². The molecule has 0 spiro atoms. The maximum absolute atomic E-state index is 13.1. The first-order valence-corrected chi connectivity index (χ1v) is 8.17. The second-order valence-corrected chi connectivity index (χ2v) is 6.24. The highest BCUT2D eigenvalue weighted by molar-refractivity contribution is 6.30. The molecule has 1 unspecified atom stereocenters. The number of benzene rings is 2. The molecule has 7 heteroatoms. The zero-order valence-electron chi connectivity index (χ0n) is 14.0. The van der Waals surface area contributed by atoms with E-state index in [-0.39, 0.29) is 18.4 Å². The highest BCUT2D eigenvalue weighted by Crippen LogP contribution is 2.13. The minimum absolute atomic E-state index is 0.0751. The molecular weight excluding hydrogens is 345 g/mol. The van der Waals surface area contributed by atoms with Crippen molar-refractivity contribution in [2.24, 2.45) is 0 Å². The number of nitrogens with one attached hydrogen (secondary N) is 3. The number of hydrogen-bond donors (Lipinski definition) is 3. The Hall–Kier alpha value is -2.44. The average Bonchev–Trinajstić information content (AvgIpc) is 2.56. The summed E-state index contributed by atoms with van der Waals surface area (Å²) in [6, 6.07) is 12.0. The molecule has 2 aromatic rings. The molecule has 0 fully saturated rings. The van der Waals surface area contributed by atoms with E-state index in [2.05, 4.69) is 10.6 Å². The van der Waals surface area contributed by atoms with Crippen molar-refractivity contribution in [3.05, 3.63) is 59.4 Å². The van der Waals surface area contributed by atoms with Crippen LogP contribution in [0.15, 0.2) is 48.5 Å². The van der Waals surface area contributed by atoms with Gasteiger partial charge in [-0.3, -0.25) is 9.59 Å². The lowest BCUT2D eigenvalue weighted by molar-refractivity contribution is -0.885. The van der Waals surface area contributed by atoms with E-state index >= 15 is 0 Å². The van der Waals surface area contributed by atoms with Crippen LogP contribution in [0.1, 0.15) is 6.92 Å². The molecule has 5 nitrogen and oxygen atoms in total. The van der Waals surface area contributed by atoms with Crippen molar-refractivity contribution in [3.63, 3.8) is 0 Å². The second kappa shape index (κ2) is 8.60. The minimum Gasteiger partial charge on any atom is -0.321 e. The summed E-state index contributed by atoms with van der Waals surface area (Å²) in [6.07, 6.45) is 0. The standard InChI is InChI=1S/C18H19ClFN3O2/c1-12(18(25)22-15-8-6-13(19)7-9-15)23(2)11-17(24)21-16-5-3-4-14(20)10-16/h3-10,12H,11H2,1-2H3,(H,21,24)(H,22,25)/p+1/t12-/m0/s1. The van der Waals surface area contributed by atoms with Crippen molar-refractivity contribution in [1.29, 1.82) is 0 Å². The number of anilines is 2. The van der Waals surface area contributed by atoms with Crippen molar-refractivity contribution in [1.82, 2.24) is 0 Å². The molecule has 25 heavy (non-hydrogen) atoms. The summed E-state index contributed by atoms with van der Waals surface area (Å²) in [6.45, 7) is 1.81. The first kappa shape index (κ1) is 18.9. The lowest BCUT2D eigenvalue weighted by atomic mass is 10.2. The quantitative estimate of drug-likeness (QED) is 0.733. The van der Waals surface area contributed by atoms with Crippen LogP contribution < -0.4 is 15.5 Å². The summed E-state index contributed by atoms with van der Waals surface area (Å²) in [4.78, 5) is 25.0. The predicted molar refractivity (Wildman–Crippen MR) is 96.3 cm³/mol. The number of hydrogen-bond acceptors (Lipinski definition) is 2. The number of amides is 2. The van der Waals surface area contributed by atoms with Crippen LogP contribution in [0.2, 0.25) is 5.02 Å². The fourth-order valence-electron chi connectivity index (χ4n) is 2.19. The summed E-state index contributed by atoms with van der Waals surface area (Å²) in [5, 5.41) is 5.98. The van der Waals surface area contributed by atoms with E-state index < -0.39 is 11.9 Å². The van der Waals surface area contributed by atoms with Crippen molar-refractivity contribution >= 4 is 34.8 Å². The molecule has 0 saturated carbocycles. The molecule has 0 bridgehead atoms. The maximum atomic E-state index is 13.1. The monoisotopic (exact) mass is 364 g/mol. The Bertz CT molecular complexity index is 752. The molecule has 2 amide bonds. The molecule has 2 atom stereocenters. The van der Waals surface area contributed by atoms with Crippen LogP contribution >= 0.6 is 11.6 Å². The topological polar surface area (TPSA) is 62.6 Å². The third-order valence-electron chi connectivity index (χ3n) is 3.79. The second-order valence-electron chi connectivity index (χ2n) is 5.80. The van der Waals surface area contributed by atoms with E-state index in [0.717, 1.165) is 0 Å². The fourth-order valence-corrected chi connectivity index (χ4v) is 2.31. The Labute approximate surface area is 150 Å². The Morgan fingerprint density at radius 3 is 2.44 bits per heavy atom. The number of carbonyl (C=O) groups is 2. The molecule has 3 N–H and O–H groups in total. The Morgan fingerprint density at radius 2 is 1.80 bits per heavy atom. The van der Waals surface area contributed by atoms with Crippen molar-refractivity contribution in [3.8, 4) is 0 Å². The number of rotatable bonds is 6. The molecule has 0 saturated heterocycles. The lowest BCUT2D eigenvalue weighted by Gasteiger charge is -2.20. The molecule has 0 radical (unpaired) electrons. The van der Waals surface area contributed by atoms with Crippen molar-refractivity contribution in [2.75, 3.05) is 24.2 Å². The Kier molecular flexibility index (Phi) is 6.50. The van der Waals surface area contributed by atoms with Gasteiger partial charge < -0.3 is 15.5 Å². The number of carbonyl (C=O) groups excluding carboxylic acids is 2. The van der Waals surface area contributed by atoms with Gasteiger partial charge in [0.25, 0.3) is 11.8 Å². The van der Waals surface area contributed by atoms with E-state index in [1.807, 2.05) is 0 Å². The van der Waals surface area contributed by atoms with Gasteiger partial charge in [0.15, 0.2) is 12.6 Å². The van der Waals surface area contributed by atoms with Gasteiger partial charge >= 0.3 is 0 Å². The molecular formula is C18H20ClFN3O2+. The third-order valence-corrected chi connectivity index (χ3v) is 4.04. The zero-order valence-corrected chi connectivity index (χ0v) is 14.7. The van der Waals surface area contributed by atoms with Crippen LogP contribution in [0.5, 0.6) is 0 Å². The normalized spacial score (nSPS) is 13.0. The first-order valence-electron chi connectivity index (χ1n) is 7.79. The largest absolute Gasteiger partial charge is 0.321 e. The van der Waals surface area contributed by atoms with Gasteiger partial charge in [-0.1, -0.05) is 17.7 Å². The summed E-state index contributed by atoms with van der Waals surface area (Å²) in [5.74, 6) is -0.929. The van der Waals surface area contributed by atoms with Gasteiger partial charge in [-0.25, -0.2) is 4.39 Å². The maximum Gasteiger partial charge on any atom is 0.282 e. The molecule has 0 aliphatic heterocycles. The summed E-state index contributed by atoms with van der Waals surface area (Å²) in [7, 11) is 1.75. The third kappa shape index (κ3) is 5.85. The van der Waals surface area contributed by atoms with Gasteiger partial charge in [-0.15, -0.1) is 0 Å². The first-order chi connectivity index (χ1) is 11.8. The molecule has 2 rings (SSSR count). The lowest BCUT2D eigenvalue weighted by Crippen LogP contribution is -3.14. The highest BCUT2D eigenvalue weighted by Gasteiger charge is 2.24. The number of likely N-dealkylation sites (N-methyl/N-ethyl adjacent to an activating group) is 1. The number of halogens is 2. The Morgan fingerprint density at radius 1 is 1.12 bits per heavy atom. The van der Waals surface area contributed by atoms with E-state index in [1.165, 1.54) is 18.2 Å². The molecule has 132 valence electrons. The SMILES string of the molecule is C[C@@H](C(=O)Nc1ccc(Cl)cc1)[NH+](C)CC(=O)Nc1cccc(F)c1. The van der Waals surface area contributed by atoms with E-state index in [9.17, 15) is 14.0 Å². The summed E-state index contributed by atoms with van der Waals surface area (Å²) in [5.41, 5.74) is 1.02. The van der Waals surface area contributed by atoms with Gasteiger partial charge in [0.2, 0.25) is 0 Å². The van der Waals surface area contributed by atoms with Gasteiger partial charge in [0, 0.05) is 16.4 Å². The van der Waals surface area contributed by atoms with E-state index in [0.29, 0.717) is 21.3 Å². The molecule has 0 aromatic heterocycles. The van der Waals surface area contributed by atoms with Crippen molar-refractivity contribution < 1.29 is 18.9 Å². The van der Waals surface area contributed by atoms with Crippen LogP contribution in [-0.2, 0) is 9.59 Å². The van der Waals surface area contributed by atoms with Gasteiger partial charge in [-0.05, 0) is 49.4 Å². The minimum atomic E-state index is -0.450. The summed E-state index contributed by atoms with van der Waals surface area (Å²) >= 11 is 5.81. The van der Waals surface area contributed by atoms with E-state index in [4.69, 9.17) is 11.6 Å². The average molecular weight is 365 g/mol. The van der Waals surface area contributed by atoms with Crippen LogP contribution in [0, 0.1) is 5.82 Å². The smallest absolute Gasteiger partial charge is 0.282 e. The Balaban J connectivity index is 1.88. The fraction of sp³-hybridized carbons (Fsp3) is 0.222. The van der Waals surface area contributed by atoms with Crippen molar-refractivity contribution in [2.45, 2.75) is 13.0 Å². The molecule has 2 aromatic carbocycles. The van der Waals surface area contributed by atoms with Crippen LogP contribution in [0.3, 0.4) is 0 Å². The highest BCUT2D eigenvalue weighted by atomic mass is 35.5. The predicted octanol–water partition coefficient (Wildman–Crippen LogP) is 1.96. The van der Waals surface area contributed by atoms with E-state index in [1.54, 1.807) is 44.3 Å². The van der Waals surface area contributed by atoms with Crippen LogP contribution in [0.25, 0.3) is 0 Å². The van der Waals surface area contributed by atoms with Gasteiger partial charge in [0.05, 0.1) is 7.05 Å². The molecule has 0 aliphatic rings. The molecule has 0 aliphatic carbocycles. The number of quaternary nitrogens is 1. The van der Waals surface area contributed by atoms with Crippen LogP contribution in [0.4, 0.5) is 15.8 Å². The summed E-state index contributed by atoms with van der Waals surface area (Å²) < 4.78 is 13.1. The molecule has 0 heterocycles. The van der Waals surface area contributed by atoms with Crippen LogP contribution in [-0.4, -0.2) is 31.4 Å². The zero-order chi connectivity index (χ0) is 18.4. The van der Waals surface area contributed by atoms with Gasteiger partial charge in [0.1, 0.15) is 5.82 Å².